The lowest BCUT2D eigenvalue weighted by atomic mass is 10.1. The van der Waals surface area contributed by atoms with Crippen molar-refractivity contribution < 1.29 is 13.6 Å². The van der Waals surface area contributed by atoms with Crippen molar-refractivity contribution >= 4 is 11.6 Å². The molecule has 3 aromatic rings. The summed E-state index contributed by atoms with van der Waals surface area (Å²) in [4.78, 5) is 24.3. The molecule has 0 atom stereocenters. The average Bonchev–Trinajstić information content (AvgIpc) is 2.60. The van der Waals surface area contributed by atoms with Crippen molar-refractivity contribution in [3.63, 3.8) is 0 Å². The first-order chi connectivity index (χ1) is 12.4. The minimum Gasteiger partial charge on any atom is -0.319 e. The fraction of sp³-hybridized carbons (Fsp3) is 0.0556. The summed E-state index contributed by atoms with van der Waals surface area (Å²) in [6.45, 7) is 1.64. The Balaban J connectivity index is 1.94. The molecule has 0 aliphatic heterocycles. The van der Waals surface area contributed by atoms with E-state index in [2.05, 4.69) is 20.3 Å². The van der Waals surface area contributed by atoms with Gasteiger partial charge in [0.1, 0.15) is 23.4 Å². The van der Waals surface area contributed by atoms with Crippen LogP contribution in [0.5, 0.6) is 0 Å². The van der Waals surface area contributed by atoms with E-state index in [9.17, 15) is 13.6 Å². The number of nitrogens with one attached hydrogen (secondary N) is 1. The van der Waals surface area contributed by atoms with E-state index in [0.29, 0.717) is 11.4 Å². The van der Waals surface area contributed by atoms with Gasteiger partial charge in [-0.25, -0.2) is 23.7 Å². The Morgan fingerprint density at radius 3 is 2.54 bits per heavy atom. The Bertz CT molecular complexity index is 1030. The number of anilines is 1. The van der Waals surface area contributed by atoms with E-state index in [4.69, 9.17) is 5.26 Å². The van der Waals surface area contributed by atoms with Gasteiger partial charge in [-0.1, -0.05) is 0 Å². The second kappa shape index (κ2) is 7.03. The summed E-state index contributed by atoms with van der Waals surface area (Å²) in [7, 11) is 0. The molecule has 128 valence electrons. The minimum atomic E-state index is -0.747. The zero-order valence-corrected chi connectivity index (χ0v) is 13.5. The normalized spacial score (nSPS) is 10.2. The van der Waals surface area contributed by atoms with Crippen LogP contribution in [-0.2, 0) is 0 Å². The number of pyridine rings is 1. The Morgan fingerprint density at radius 1 is 1.12 bits per heavy atom. The predicted molar refractivity (Wildman–Crippen MR) is 89.0 cm³/mol. The van der Waals surface area contributed by atoms with Crippen molar-refractivity contribution in [1.82, 2.24) is 15.0 Å². The highest BCUT2D eigenvalue weighted by Gasteiger charge is 2.14. The van der Waals surface area contributed by atoms with Crippen molar-refractivity contribution in [2.45, 2.75) is 6.92 Å². The quantitative estimate of drug-likeness (QED) is 0.782. The van der Waals surface area contributed by atoms with Crippen LogP contribution >= 0.6 is 0 Å². The number of aromatic nitrogens is 3. The van der Waals surface area contributed by atoms with Gasteiger partial charge in [-0.2, -0.15) is 5.26 Å². The summed E-state index contributed by atoms with van der Waals surface area (Å²) in [5.74, 6) is -2.28. The summed E-state index contributed by atoms with van der Waals surface area (Å²) in [6, 6.07) is 9.29. The van der Waals surface area contributed by atoms with E-state index in [1.54, 1.807) is 6.92 Å². The standard InChI is InChI=1S/C18H11F2N5O/c1-10-4-16(11-5-12(19)7-13(20)6-11)25-17(23-10)18(26)24-14-2-3-22-15(8-14)9-21/h2-8H,1H3,(H,22,24,26). The number of carbonyl (C=O) groups is 1. The zero-order valence-electron chi connectivity index (χ0n) is 13.5. The number of hydrogen-bond donors (Lipinski definition) is 1. The largest absolute Gasteiger partial charge is 0.319 e. The van der Waals surface area contributed by atoms with Gasteiger partial charge in [-0.15, -0.1) is 0 Å². The predicted octanol–water partition coefficient (Wildman–Crippen LogP) is 3.25. The molecule has 0 aliphatic carbocycles. The fourth-order valence-corrected chi connectivity index (χ4v) is 2.28. The Hall–Kier alpha value is -3.73. The lowest BCUT2D eigenvalue weighted by Crippen LogP contribution is -2.16. The van der Waals surface area contributed by atoms with Crippen molar-refractivity contribution in [3.05, 3.63) is 71.4 Å². The van der Waals surface area contributed by atoms with Crippen molar-refractivity contribution in [1.29, 1.82) is 5.26 Å². The Kier molecular flexibility index (Phi) is 4.62. The third kappa shape index (κ3) is 3.84. The summed E-state index contributed by atoms with van der Waals surface area (Å²) in [5, 5.41) is 11.4. The number of hydrogen-bond acceptors (Lipinski definition) is 5. The molecule has 0 radical (unpaired) electrons. The third-order valence-corrected chi connectivity index (χ3v) is 3.35. The monoisotopic (exact) mass is 351 g/mol. The first-order valence-electron chi connectivity index (χ1n) is 7.44. The first kappa shape index (κ1) is 17.1. The maximum absolute atomic E-state index is 13.4. The molecule has 2 heterocycles. The maximum Gasteiger partial charge on any atom is 0.293 e. The number of rotatable bonds is 3. The summed E-state index contributed by atoms with van der Waals surface area (Å²) in [5.41, 5.74) is 1.36. The van der Waals surface area contributed by atoms with Crippen LogP contribution in [0.15, 0.2) is 42.6 Å². The van der Waals surface area contributed by atoms with Crippen molar-refractivity contribution in [2.75, 3.05) is 5.32 Å². The molecule has 1 aromatic carbocycles. The summed E-state index contributed by atoms with van der Waals surface area (Å²) >= 11 is 0. The molecular formula is C18H11F2N5O. The lowest BCUT2D eigenvalue weighted by molar-refractivity contribution is 0.101. The number of amides is 1. The second-order valence-corrected chi connectivity index (χ2v) is 5.37. The van der Waals surface area contributed by atoms with E-state index in [0.717, 1.165) is 18.2 Å². The average molecular weight is 351 g/mol. The van der Waals surface area contributed by atoms with E-state index in [-0.39, 0.29) is 22.8 Å². The number of aryl methyl sites for hydroxylation is 1. The number of nitrogens with zero attached hydrogens (tertiary/aromatic N) is 4. The van der Waals surface area contributed by atoms with Crippen LogP contribution in [0.25, 0.3) is 11.3 Å². The molecule has 0 saturated heterocycles. The van der Waals surface area contributed by atoms with Gasteiger partial charge in [-0.05, 0) is 37.3 Å². The molecular weight excluding hydrogens is 340 g/mol. The van der Waals surface area contributed by atoms with Gasteiger partial charge >= 0.3 is 0 Å². The van der Waals surface area contributed by atoms with Crippen LogP contribution in [0.3, 0.4) is 0 Å². The smallest absolute Gasteiger partial charge is 0.293 e. The summed E-state index contributed by atoms with van der Waals surface area (Å²) < 4.78 is 26.9. The first-order valence-corrected chi connectivity index (χ1v) is 7.44. The summed E-state index contributed by atoms with van der Waals surface area (Å²) in [6.07, 6.45) is 1.38. The van der Waals surface area contributed by atoms with Gasteiger partial charge in [0.2, 0.25) is 5.82 Å². The molecule has 26 heavy (non-hydrogen) atoms. The van der Waals surface area contributed by atoms with Crippen LogP contribution in [0.2, 0.25) is 0 Å². The van der Waals surface area contributed by atoms with Gasteiger partial charge in [-0.3, -0.25) is 4.79 Å². The van der Waals surface area contributed by atoms with Gasteiger partial charge in [0.05, 0.1) is 5.69 Å². The molecule has 1 amide bonds. The molecule has 2 aromatic heterocycles. The second-order valence-electron chi connectivity index (χ2n) is 5.37. The van der Waals surface area contributed by atoms with Gasteiger partial charge < -0.3 is 5.32 Å². The molecule has 6 nitrogen and oxygen atoms in total. The molecule has 8 heteroatoms. The Labute approximate surface area is 147 Å². The highest BCUT2D eigenvalue weighted by Crippen LogP contribution is 2.21. The van der Waals surface area contributed by atoms with Crippen molar-refractivity contribution in [3.8, 4) is 17.3 Å². The van der Waals surface area contributed by atoms with E-state index >= 15 is 0 Å². The number of benzene rings is 1. The number of halogens is 2. The molecule has 0 unspecified atom stereocenters. The number of nitriles is 1. The minimum absolute atomic E-state index is 0.142. The van der Waals surface area contributed by atoms with Crippen LogP contribution in [-0.4, -0.2) is 20.9 Å². The molecule has 0 aliphatic rings. The van der Waals surface area contributed by atoms with E-state index < -0.39 is 17.5 Å². The molecule has 0 fully saturated rings. The van der Waals surface area contributed by atoms with Crippen LogP contribution in [0, 0.1) is 29.9 Å². The number of carbonyl (C=O) groups excluding carboxylic acids is 1. The lowest BCUT2D eigenvalue weighted by Gasteiger charge is -2.08. The topological polar surface area (TPSA) is 91.6 Å². The highest BCUT2D eigenvalue weighted by molar-refractivity contribution is 6.01. The fourth-order valence-electron chi connectivity index (χ4n) is 2.28. The zero-order chi connectivity index (χ0) is 18.7. The molecule has 0 bridgehead atoms. The van der Waals surface area contributed by atoms with Crippen LogP contribution in [0.1, 0.15) is 22.0 Å². The van der Waals surface area contributed by atoms with Crippen molar-refractivity contribution in [2.24, 2.45) is 0 Å². The molecule has 0 saturated carbocycles. The molecule has 1 N–H and O–H groups in total. The highest BCUT2D eigenvalue weighted by atomic mass is 19.1. The van der Waals surface area contributed by atoms with Crippen LogP contribution in [0.4, 0.5) is 14.5 Å². The van der Waals surface area contributed by atoms with Gasteiger partial charge in [0.15, 0.2) is 0 Å². The van der Waals surface area contributed by atoms with Crippen LogP contribution < -0.4 is 5.32 Å². The third-order valence-electron chi connectivity index (χ3n) is 3.35. The molecule has 0 spiro atoms. The maximum atomic E-state index is 13.4. The van der Waals surface area contributed by atoms with Gasteiger partial charge in [0, 0.05) is 29.2 Å². The SMILES string of the molecule is Cc1cc(-c2cc(F)cc(F)c2)nc(C(=O)Nc2ccnc(C#N)c2)n1. The Morgan fingerprint density at radius 2 is 1.85 bits per heavy atom. The van der Waals surface area contributed by atoms with Gasteiger partial charge in [0.25, 0.3) is 5.91 Å². The molecule has 3 rings (SSSR count). The van der Waals surface area contributed by atoms with E-state index in [1.165, 1.54) is 24.4 Å². The van der Waals surface area contributed by atoms with E-state index in [1.807, 2.05) is 6.07 Å².